The summed E-state index contributed by atoms with van der Waals surface area (Å²) in [5.41, 5.74) is -0.637. The van der Waals surface area contributed by atoms with Crippen LogP contribution in [0, 0.1) is 0 Å². The molecule has 1 N–H and O–H groups in total. The Morgan fingerprint density at radius 3 is 2.50 bits per heavy atom. The summed E-state index contributed by atoms with van der Waals surface area (Å²) in [6.45, 7) is -0.276. The van der Waals surface area contributed by atoms with Crippen molar-refractivity contribution in [2.75, 3.05) is 7.11 Å². The van der Waals surface area contributed by atoms with Crippen LogP contribution in [0.3, 0.4) is 0 Å². The van der Waals surface area contributed by atoms with Gasteiger partial charge in [-0.1, -0.05) is 34.1 Å². The van der Waals surface area contributed by atoms with E-state index in [2.05, 4.69) is 20.7 Å². The zero-order valence-corrected chi connectivity index (χ0v) is 14.8. The van der Waals surface area contributed by atoms with Gasteiger partial charge < -0.3 is 4.74 Å². The summed E-state index contributed by atoms with van der Waals surface area (Å²) in [5.74, 6) is 0.134. The van der Waals surface area contributed by atoms with Gasteiger partial charge in [0.1, 0.15) is 10.6 Å². The maximum atomic E-state index is 12.7. The average molecular weight is 424 g/mol. The Morgan fingerprint density at radius 1 is 1.17 bits per heavy atom. The highest BCUT2D eigenvalue weighted by Gasteiger charge is 2.30. The van der Waals surface area contributed by atoms with Gasteiger partial charge in [-0.05, 0) is 29.8 Å². The summed E-state index contributed by atoms with van der Waals surface area (Å²) in [7, 11) is -2.63. The molecule has 2 aromatic carbocycles. The molecule has 0 amide bonds. The average Bonchev–Trinajstić information content (AvgIpc) is 2.52. The van der Waals surface area contributed by atoms with Crippen molar-refractivity contribution in [2.24, 2.45) is 0 Å². The lowest BCUT2D eigenvalue weighted by atomic mass is 10.1. The van der Waals surface area contributed by atoms with Crippen LogP contribution in [-0.2, 0) is 22.7 Å². The van der Waals surface area contributed by atoms with E-state index in [1.54, 1.807) is 6.07 Å². The summed E-state index contributed by atoms with van der Waals surface area (Å²) < 4.78 is 70.7. The van der Waals surface area contributed by atoms with Gasteiger partial charge in [-0.2, -0.15) is 13.2 Å². The molecule has 4 nitrogen and oxygen atoms in total. The fourth-order valence-corrected chi connectivity index (χ4v) is 3.70. The smallest absolute Gasteiger partial charge is 0.416 e. The van der Waals surface area contributed by atoms with Gasteiger partial charge in [-0.15, -0.1) is 0 Å². The molecule has 0 radical (unpaired) electrons. The topological polar surface area (TPSA) is 55.4 Å². The van der Waals surface area contributed by atoms with Crippen LogP contribution in [0.25, 0.3) is 0 Å². The van der Waals surface area contributed by atoms with Crippen LogP contribution in [0.5, 0.6) is 5.75 Å². The summed E-state index contributed by atoms with van der Waals surface area (Å²) in [5, 5.41) is 0. The van der Waals surface area contributed by atoms with Gasteiger partial charge in [0.05, 0.1) is 12.7 Å². The first-order valence-electron chi connectivity index (χ1n) is 6.63. The molecule has 0 fully saturated rings. The summed E-state index contributed by atoms with van der Waals surface area (Å²) in [6.07, 6.45) is -4.48. The van der Waals surface area contributed by atoms with Crippen molar-refractivity contribution in [3.63, 3.8) is 0 Å². The third kappa shape index (κ3) is 4.49. The van der Waals surface area contributed by atoms with Crippen LogP contribution < -0.4 is 9.46 Å². The summed E-state index contributed by atoms with van der Waals surface area (Å²) in [6, 6.07) is 8.92. The highest BCUT2D eigenvalue weighted by molar-refractivity contribution is 9.10. The number of rotatable bonds is 5. The lowest BCUT2D eigenvalue weighted by molar-refractivity contribution is -0.137. The maximum Gasteiger partial charge on any atom is 0.416 e. The first kappa shape index (κ1) is 18.8. The molecule has 0 saturated heterocycles. The molecule has 0 aromatic heterocycles. The Morgan fingerprint density at radius 2 is 1.88 bits per heavy atom. The second-order valence-electron chi connectivity index (χ2n) is 4.82. The molecule has 24 heavy (non-hydrogen) atoms. The fraction of sp³-hybridized carbons (Fsp3) is 0.200. The van der Waals surface area contributed by atoms with E-state index in [9.17, 15) is 21.6 Å². The Labute approximate surface area is 145 Å². The van der Waals surface area contributed by atoms with Crippen molar-refractivity contribution in [2.45, 2.75) is 17.6 Å². The van der Waals surface area contributed by atoms with E-state index in [1.165, 1.54) is 31.4 Å². The van der Waals surface area contributed by atoms with Gasteiger partial charge in [0.2, 0.25) is 10.0 Å². The van der Waals surface area contributed by atoms with Gasteiger partial charge in [-0.3, -0.25) is 0 Å². The minimum Gasteiger partial charge on any atom is -0.495 e. The zero-order chi connectivity index (χ0) is 18.0. The first-order chi connectivity index (χ1) is 11.1. The van der Waals surface area contributed by atoms with Gasteiger partial charge in [0.25, 0.3) is 0 Å². The SMILES string of the molecule is COc1ccc(Br)cc1S(=O)(=O)NCc1cccc(C(F)(F)F)c1. The van der Waals surface area contributed by atoms with E-state index in [4.69, 9.17) is 4.74 Å². The molecule has 0 aliphatic heterocycles. The van der Waals surface area contributed by atoms with E-state index in [0.717, 1.165) is 12.1 Å². The molecular weight excluding hydrogens is 411 g/mol. The number of benzene rings is 2. The Balaban J connectivity index is 2.24. The van der Waals surface area contributed by atoms with Gasteiger partial charge >= 0.3 is 6.18 Å². The number of hydrogen-bond donors (Lipinski definition) is 1. The second-order valence-corrected chi connectivity index (χ2v) is 7.47. The Kier molecular flexibility index (Phi) is 5.56. The van der Waals surface area contributed by atoms with Crippen molar-refractivity contribution < 1.29 is 26.3 Å². The third-order valence-corrected chi connectivity index (χ3v) is 5.05. The molecule has 0 unspecified atom stereocenters. The van der Waals surface area contributed by atoms with Crippen LogP contribution in [0.15, 0.2) is 51.8 Å². The van der Waals surface area contributed by atoms with Crippen molar-refractivity contribution in [3.05, 3.63) is 58.1 Å². The van der Waals surface area contributed by atoms with E-state index >= 15 is 0 Å². The number of hydrogen-bond acceptors (Lipinski definition) is 3. The normalized spacial score (nSPS) is 12.2. The quantitative estimate of drug-likeness (QED) is 0.791. The van der Waals surface area contributed by atoms with Crippen molar-refractivity contribution >= 4 is 26.0 Å². The molecule has 0 saturated carbocycles. The molecule has 0 bridgehead atoms. The standard InChI is InChI=1S/C15H13BrF3NO3S/c1-23-13-6-5-12(16)8-14(13)24(21,22)20-9-10-3-2-4-11(7-10)15(17,18)19/h2-8,20H,9H2,1H3. The van der Waals surface area contributed by atoms with Crippen LogP contribution >= 0.6 is 15.9 Å². The van der Waals surface area contributed by atoms with E-state index in [-0.39, 0.29) is 22.8 Å². The van der Waals surface area contributed by atoms with Crippen molar-refractivity contribution in [1.29, 1.82) is 0 Å². The predicted molar refractivity (Wildman–Crippen MR) is 86.2 cm³/mol. The van der Waals surface area contributed by atoms with Crippen molar-refractivity contribution in [3.8, 4) is 5.75 Å². The Bertz CT molecular complexity index is 838. The molecular formula is C15H13BrF3NO3S. The lowest BCUT2D eigenvalue weighted by Crippen LogP contribution is -2.24. The number of halogens is 4. The molecule has 2 aromatic rings. The molecule has 2 rings (SSSR count). The molecule has 0 aliphatic rings. The largest absolute Gasteiger partial charge is 0.495 e. The Hall–Kier alpha value is -1.58. The van der Waals surface area contributed by atoms with Crippen LogP contribution in [0.1, 0.15) is 11.1 Å². The van der Waals surface area contributed by atoms with Gasteiger partial charge in [-0.25, -0.2) is 13.1 Å². The molecule has 9 heteroatoms. The number of alkyl halides is 3. The molecule has 130 valence electrons. The van der Waals surface area contributed by atoms with Gasteiger partial charge in [0, 0.05) is 11.0 Å². The van der Waals surface area contributed by atoms with Crippen molar-refractivity contribution in [1.82, 2.24) is 4.72 Å². The summed E-state index contributed by atoms with van der Waals surface area (Å²) in [4.78, 5) is -0.105. The lowest BCUT2D eigenvalue weighted by Gasteiger charge is -2.12. The number of nitrogens with one attached hydrogen (secondary N) is 1. The van der Waals surface area contributed by atoms with E-state index in [0.29, 0.717) is 4.47 Å². The van der Waals surface area contributed by atoms with E-state index in [1.807, 2.05) is 0 Å². The molecule has 0 spiro atoms. The van der Waals surface area contributed by atoms with Crippen LogP contribution in [0.4, 0.5) is 13.2 Å². The van der Waals surface area contributed by atoms with Gasteiger partial charge in [0.15, 0.2) is 0 Å². The number of sulfonamides is 1. The monoisotopic (exact) mass is 423 g/mol. The maximum absolute atomic E-state index is 12.7. The van der Waals surface area contributed by atoms with Crippen LogP contribution in [-0.4, -0.2) is 15.5 Å². The van der Waals surface area contributed by atoms with E-state index < -0.39 is 21.8 Å². The second kappa shape index (κ2) is 7.12. The number of ether oxygens (including phenoxy) is 1. The molecule has 0 atom stereocenters. The highest BCUT2D eigenvalue weighted by atomic mass is 79.9. The molecule has 0 aliphatic carbocycles. The third-order valence-electron chi connectivity index (χ3n) is 3.14. The molecule has 0 heterocycles. The van der Waals surface area contributed by atoms with Crippen LogP contribution in [0.2, 0.25) is 0 Å². The zero-order valence-electron chi connectivity index (χ0n) is 12.4. The first-order valence-corrected chi connectivity index (χ1v) is 8.90. The summed E-state index contributed by atoms with van der Waals surface area (Å²) >= 11 is 3.17. The fourth-order valence-electron chi connectivity index (χ4n) is 1.97. The minimum atomic E-state index is -4.48. The minimum absolute atomic E-state index is 0.105. The predicted octanol–water partition coefficient (Wildman–Crippen LogP) is 3.96. The number of methoxy groups -OCH3 is 1. The highest BCUT2D eigenvalue weighted by Crippen LogP contribution is 2.30.